The largest absolute Gasteiger partial charge is 0.459 e. The van der Waals surface area contributed by atoms with Gasteiger partial charge in [0.1, 0.15) is 16.4 Å². The lowest BCUT2D eigenvalue weighted by molar-refractivity contribution is 0.00950. The van der Waals surface area contributed by atoms with Gasteiger partial charge in [0.25, 0.3) is 0 Å². The first kappa shape index (κ1) is 14.6. The third-order valence-electron chi connectivity index (χ3n) is 3.56. The second kappa shape index (κ2) is 5.68. The van der Waals surface area contributed by atoms with Gasteiger partial charge in [0.05, 0.1) is 5.56 Å². The van der Waals surface area contributed by atoms with Crippen LogP contribution in [0.1, 0.15) is 49.9 Å². The lowest BCUT2D eigenvalue weighted by Gasteiger charge is -2.33. The Morgan fingerprint density at radius 2 is 1.79 bits per heavy atom. The summed E-state index contributed by atoms with van der Waals surface area (Å²) < 4.78 is 5.50. The Bertz CT molecular complexity index is 458. The molecule has 2 rings (SSSR count). The van der Waals surface area contributed by atoms with E-state index in [1.54, 1.807) is 0 Å². The number of nitrogens with zero attached hydrogens (tertiary/aromatic N) is 1. The van der Waals surface area contributed by atoms with Gasteiger partial charge < -0.3 is 4.74 Å². The molecule has 0 bridgehead atoms. The molecule has 0 aromatic carbocycles. The highest BCUT2D eigenvalue weighted by Gasteiger charge is 2.29. The summed E-state index contributed by atoms with van der Waals surface area (Å²) in [5, 5.41) is 0.397. The van der Waals surface area contributed by atoms with Crippen molar-refractivity contribution in [3.63, 3.8) is 0 Å². The zero-order valence-electron chi connectivity index (χ0n) is 11.1. The number of esters is 1. The maximum Gasteiger partial charge on any atom is 0.338 e. The van der Waals surface area contributed by atoms with Crippen LogP contribution in [0.5, 0.6) is 0 Å². The van der Waals surface area contributed by atoms with E-state index in [9.17, 15) is 4.79 Å². The molecular weight excluding hydrogens is 285 g/mol. The van der Waals surface area contributed by atoms with Crippen molar-refractivity contribution >= 4 is 29.2 Å². The second-order valence-electron chi connectivity index (χ2n) is 5.77. The monoisotopic (exact) mass is 301 g/mol. The standard InChI is InChI=1S/C14H17Cl2NO2/c1-14(2)5-3-10(4-6-14)19-13(18)9-7-11(15)17-12(16)8-9/h7-8,10H,3-6H2,1-2H3. The first-order valence-electron chi connectivity index (χ1n) is 6.40. The molecule has 0 amide bonds. The van der Waals surface area contributed by atoms with Crippen LogP contribution in [-0.2, 0) is 4.74 Å². The van der Waals surface area contributed by atoms with Crippen LogP contribution in [-0.4, -0.2) is 17.1 Å². The topological polar surface area (TPSA) is 39.2 Å². The molecule has 0 aliphatic heterocycles. The average Bonchev–Trinajstić information content (AvgIpc) is 2.30. The van der Waals surface area contributed by atoms with Crippen molar-refractivity contribution in [1.82, 2.24) is 4.98 Å². The van der Waals surface area contributed by atoms with Gasteiger partial charge in [-0.15, -0.1) is 0 Å². The quantitative estimate of drug-likeness (QED) is 0.596. The van der Waals surface area contributed by atoms with E-state index in [0.29, 0.717) is 11.0 Å². The van der Waals surface area contributed by atoms with Crippen molar-refractivity contribution in [1.29, 1.82) is 0 Å². The molecule has 5 heteroatoms. The Balaban J connectivity index is 1.98. The van der Waals surface area contributed by atoms with Crippen molar-refractivity contribution in [2.24, 2.45) is 5.41 Å². The Hall–Kier alpha value is -0.800. The molecule has 0 spiro atoms. The van der Waals surface area contributed by atoms with E-state index in [0.717, 1.165) is 25.7 Å². The highest BCUT2D eigenvalue weighted by atomic mass is 35.5. The third-order valence-corrected chi connectivity index (χ3v) is 3.95. The summed E-state index contributed by atoms with van der Waals surface area (Å²) in [5.41, 5.74) is 0.710. The fourth-order valence-corrected chi connectivity index (χ4v) is 2.75. The molecule has 0 radical (unpaired) electrons. The van der Waals surface area contributed by atoms with E-state index in [4.69, 9.17) is 27.9 Å². The van der Waals surface area contributed by atoms with Crippen LogP contribution < -0.4 is 0 Å². The summed E-state index contributed by atoms with van der Waals surface area (Å²) in [6, 6.07) is 2.95. The van der Waals surface area contributed by atoms with Crippen molar-refractivity contribution in [3.8, 4) is 0 Å². The molecule has 1 aliphatic rings. The maximum absolute atomic E-state index is 12.0. The molecule has 1 heterocycles. The van der Waals surface area contributed by atoms with Gasteiger partial charge in [-0.2, -0.15) is 0 Å². The summed E-state index contributed by atoms with van der Waals surface area (Å²) in [7, 11) is 0. The fraction of sp³-hybridized carbons (Fsp3) is 0.571. The third kappa shape index (κ3) is 4.08. The van der Waals surface area contributed by atoms with Gasteiger partial charge in [-0.3, -0.25) is 0 Å². The zero-order chi connectivity index (χ0) is 14.0. The Labute approximate surface area is 123 Å². The molecule has 0 saturated heterocycles. The lowest BCUT2D eigenvalue weighted by atomic mass is 9.76. The average molecular weight is 302 g/mol. The highest BCUT2D eigenvalue weighted by molar-refractivity contribution is 6.32. The molecule has 1 aromatic heterocycles. The Morgan fingerprint density at radius 1 is 1.26 bits per heavy atom. The minimum absolute atomic E-state index is 0.00811. The Kier molecular flexibility index (Phi) is 4.36. The van der Waals surface area contributed by atoms with Crippen LogP contribution in [0.2, 0.25) is 10.3 Å². The van der Waals surface area contributed by atoms with Gasteiger partial charge in [-0.1, -0.05) is 37.0 Å². The van der Waals surface area contributed by atoms with Crippen LogP contribution in [0.25, 0.3) is 0 Å². The van der Waals surface area contributed by atoms with E-state index in [-0.39, 0.29) is 22.4 Å². The minimum Gasteiger partial charge on any atom is -0.459 e. The normalized spacial score (nSPS) is 19.2. The van der Waals surface area contributed by atoms with Gasteiger partial charge in [-0.05, 0) is 43.2 Å². The molecule has 1 fully saturated rings. The van der Waals surface area contributed by atoms with Crippen LogP contribution in [0.15, 0.2) is 12.1 Å². The molecule has 104 valence electrons. The van der Waals surface area contributed by atoms with Crippen LogP contribution in [0.3, 0.4) is 0 Å². The predicted octanol–water partition coefficient (Wildman–Crippen LogP) is 4.51. The molecule has 1 saturated carbocycles. The van der Waals surface area contributed by atoms with E-state index >= 15 is 0 Å². The maximum atomic E-state index is 12.0. The minimum atomic E-state index is -0.379. The number of halogens is 2. The van der Waals surface area contributed by atoms with E-state index in [1.165, 1.54) is 12.1 Å². The first-order valence-corrected chi connectivity index (χ1v) is 7.15. The van der Waals surface area contributed by atoms with Crippen LogP contribution >= 0.6 is 23.2 Å². The molecule has 0 atom stereocenters. The molecule has 19 heavy (non-hydrogen) atoms. The van der Waals surface area contributed by atoms with Gasteiger partial charge in [-0.25, -0.2) is 9.78 Å². The summed E-state index contributed by atoms with van der Waals surface area (Å²) in [6.45, 7) is 4.49. The number of carbonyl (C=O) groups is 1. The number of carbonyl (C=O) groups excluding carboxylic acids is 1. The van der Waals surface area contributed by atoms with E-state index < -0.39 is 0 Å². The molecular formula is C14H17Cl2NO2. The summed E-state index contributed by atoms with van der Waals surface area (Å²) in [6.07, 6.45) is 3.95. The number of aromatic nitrogens is 1. The second-order valence-corrected chi connectivity index (χ2v) is 6.54. The zero-order valence-corrected chi connectivity index (χ0v) is 12.6. The van der Waals surface area contributed by atoms with Crippen molar-refractivity contribution in [2.75, 3.05) is 0 Å². The van der Waals surface area contributed by atoms with Crippen molar-refractivity contribution in [2.45, 2.75) is 45.6 Å². The van der Waals surface area contributed by atoms with Gasteiger partial charge in [0, 0.05) is 0 Å². The van der Waals surface area contributed by atoms with Gasteiger partial charge >= 0.3 is 5.97 Å². The number of hydrogen-bond acceptors (Lipinski definition) is 3. The van der Waals surface area contributed by atoms with Crippen LogP contribution in [0.4, 0.5) is 0 Å². The molecule has 1 aliphatic carbocycles. The summed E-state index contributed by atoms with van der Waals surface area (Å²) in [4.78, 5) is 15.8. The first-order chi connectivity index (χ1) is 8.85. The predicted molar refractivity (Wildman–Crippen MR) is 75.7 cm³/mol. The van der Waals surface area contributed by atoms with Gasteiger partial charge in [0.15, 0.2) is 0 Å². The smallest absolute Gasteiger partial charge is 0.338 e. The number of pyridine rings is 1. The SMILES string of the molecule is CC1(C)CCC(OC(=O)c2cc(Cl)nc(Cl)c2)CC1. The summed E-state index contributed by atoms with van der Waals surface area (Å²) >= 11 is 11.5. The van der Waals surface area contributed by atoms with Crippen molar-refractivity contribution in [3.05, 3.63) is 28.0 Å². The molecule has 3 nitrogen and oxygen atoms in total. The van der Waals surface area contributed by atoms with E-state index in [2.05, 4.69) is 18.8 Å². The fourth-order valence-electron chi connectivity index (χ4n) is 2.29. The highest BCUT2D eigenvalue weighted by Crippen LogP contribution is 2.36. The molecule has 0 N–H and O–H groups in total. The molecule has 1 aromatic rings. The summed E-state index contributed by atoms with van der Waals surface area (Å²) in [5.74, 6) is -0.379. The van der Waals surface area contributed by atoms with Gasteiger partial charge in [0.2, 0.25) is 0 Å². The van der Waals surface area contributed by atoms with E-state index in [1.807, 2.05) is 0 Å². The lowest BCUT2D eigenvalue weighted by Crippen LogP contribution is -2.28. The van der Waals surface area contributed by atoms with Crippen LogP contribution in [0, 0.1) is 5.41 Å². The molecule has 0 unspecified atom stereocenters. The number of hydrogen-bond donors (Lipinski definition) is 0. The number of rotatable bonds is 2. The van der Waals surface area contributed by atoms with Crippen molar-refractivity contribution < 1.29 is 9.53 Å². The Morgan fingerprint density at radius 3 is 2.32 bits per heavy atom. The number of ether oxygens (including phenoxy) is 1.